The van der Waals surface area contributed by atoms with Gasteiger partial charge in [0.15, 0.2) is 0 Å². The predicted octanol–water partition coefficient (Wildman–Crippen LogP) is 1.16. The second kappa shape index (κ2) is 5.81. The third-order valence-electron chi connectivity index (χ3n) is 2.66. The van der Waals surface area contributed by atoms with Crippen LogP contribution in [0, 0.1) is 0 Å². The van der Waals surface area contributed by atoms with Gasteiger partial charge in [0.25, 0.3) is 0 Å². The second-order valence-corrected chi connectivity index (χ2v) is 3.74. The zero-order chi connectivity index (χ0) is 10.4. The number of hydrogen-bond acceptors (Lipinski definition) is 2. The number of carbonyl (C=O) groups is 1. The lowest BCUT2D eigenvalue weighted by molar-refractivity contribution is -0.129. The first-order valence-electron chi connectivity index (χ1n) is 5.37. The van der Waals surface area contributed by atoms with Crippen LogP contribution in [0.2, 0.25) is 0 Å². The van der Waals surface area contributed by atoms with Gasteiger partial charge in [-0.1, -0.05) is 6.08 Å². The molecule has 0 spiro atoms. The van der Waals surface area contributed by atoms with Gasteiger partial charge in [-0.25, -0.2) is 0 Å². The van der Waals surface area contributed by atoms with E-state index in [1.807, 2.05) is 24.9 Å². The van der Waals surface area contributed by atoms with Gasteiger partial charge in [-0.3, -0.25) is 4.79 Å². The summed E-state index contributed by atoms with van der Waals surface area (Å²) in [5, 5.41) is 3.15. The molecule has 1 N–H and O–H groups in total. The molecule has 1 rings (SSSR count). The minimum absolute atomic E-state index is 0.160. The van der Waals surface area contributed by atoms with Crippen molar-refractivity contribution in [2.45, 2.75) is 32.2 Å². The molecular weight excluding hydrogens is 176 g/mol. The number of piperidine rings is 1. The van der Waals surface area contributed by atoms with Crippen molar-refractivity contribution in [3.8, 4) is 0 Å². The third-order valence-corrected chi connectivity index (χ3v) is 2.66. The molecule has 1 aliphatic rings. The Labute approximate surface area is 86.2 Å². The van der Waals surface area contributed by atoms with Crippen LogP contribution < -0.4 is 5.32 Å². The average molecular weight is 196 g/mol. The van der Waals surface area contributed by atoms with Crippen LogP contribution in [0.3, 0.4) is 0 Å². The summed E-state index contributed by atoms with van der Waals surface area (Å²) in [5.74, 6) is 0.160. The molecule has 1 aliphatic heterocycles. The summed E-state index contributed by atoms with van der Waals surface area (Å²) < 4.78 is 0. The van der Waals surface area contributed by atoms with Gasteiger partial charge in [0, 0.05) is 19.1 Å². The Balaban J connectivity index is 2.57. The zero-order valence-corrected chi connectivity index (χ0v) is 9.12. The van der Waals surface area contributed by atoms with Crippen LogP contribution in [0.15, 0.2) is 12.2 Å². The van der Waals surface area contributed by atoms with E-state index in [-0.39, 0.29) is 5.91 Å². The molecule has 0 aromatic carbocycles. The summed E-state index contributed by atoms with van der Waals surface area (Å²) >= 11 is 0. The van der Waals surface area contributed by atoms with E-state index in [1.165, 1.54) is 6.42 Å². The first-order chi connectivity index (χ1) is 6.79. The van der Waals surface area contributed by atoms with Crippen LogP contribution in [0.5, 0.6) is 0 Å². The van der Waals surface area contributed by atoms with Crippen molar-refractivity contribution in [3.05, 3.63) is 12.2 Å². The van der Waals surface area contributed by atoms with E-state index in [9.17, 15) is 4.79 Å². The van der Waals surface area contributed by atoms with Crippen molar-refractivity contribution in [1.82, 2.24) is 10.2 Å². The lowest BCUT2D eigenvalue weighted by Crippen LogP contribution is -2.47. The van der Waals surface area contributed by atoms with E-state index in [4.69, 9.17) is 0 Å². The van der Waals surface area contributed by atoms with Crippen LogP contribution in [0.1, 0.15) is 26.2 Å². The Hall–Kier alpha value is -0.830. The first-order valence-corrected chi connectivity index (χ1v) is 5.37. The summed E-state index contributed by atoms with van der Waals surface area (Å²) in [7, 11) is 1.94. The number of amides is 1. The summed E-state index contributed by atoms with van der Waals surface area (Å²) in [6.45, 7) is 3.70. The van der Waals surface area contributed by atoms with Gasteiger partial charge in [0.05, 0.1) is 0 Å². The van der Waals surface area contributed by atoms with E-state index >= 15 is 0 Å². The smallest absolute Gasteiger partial charge is 0.246 e. The minimum Gasteiger partial charge on any atom is -0.335 e. The van der Waals surface area contributed by atoms with Gasteiger partial charge in [-0.15, -0.1) is 0 Å². The Morgan fingerprint density at radius 3 is 3.00 bits per heavy atom. The normalized spacial score (nSPS) is 23.0. The molecule has 0 aromatic heterocycles. The molecule has 1 saturated heterocycles. The summed E-state index contributed by atoms with van der Waals surface area (Å²) in [5.41, 5.74) is 0. The Morgan fingerprint density at radius 2 is 2.36 bits per heavy atom. The lowest BCUT2D eigenvalue weighted by atomic mass is 10.0. The quantitative estimate of drug-likeness (QED) is 0.687. The van der Waals surface area contributed by atoms with Gasteiger partial charge in [-0.2, -0.15) is 0 Å². The van der Waals surface area contributed by atoms with Gasteiger partial charge < -0.3 is 10.2 Å². The highest BCUT2D eigenvalue weighted by Crippen LogP contribution is 2.16. The summed E-state index contributed by atoms with van der Waals surface area (Å²) in [6, 6.07) is 0.387. The number of allylic oxidation sites excluding steroid dienone is 1. The van der Waals surface area contributed by atoms with Crippen LogP contribution in [-0.4, -0.2) is 37.0 Å². The fraction of sp³-hybridized carbons (Fsp3) is 0.727. The molecule has 0 aromatic rings. The number of carbonyl (C=O) groups excluding carboxylic acids is 1. The molecule has 3 heteroatoms. The largest absolute Gasteiger partial charge is 0.335 e. The molecule has 1 atom stereocenters. The average Bonchev–Trinajstić information content (AvgIpc) is 2.19. The van der Waals surface area contributed by atoms with Crippen LogP contribution in [0.4, 0.5) is 0 Å². The van der Waals surface area contributed by atoms with Gasteiger partial charge in [-0.05, 0) is 39.3 Å². The van der Waals surface area contributed by atoms with E-state index < -0.39 is 0 Å². The minimum atomic E-state index is 0.160. The summed E-state index contributed by atoms with van der Waals surface area (Å²) in [4.78, 5) is 13.7. The molecule has 14 heavy (non-hydrogen) atoms. The number of nitrogens with one attached hydrogen (secondary N) is 1. The number of hydrogen-bond donors (Lipinski definition) is 1. The molecule has 0 aliphatic carbocycles. The lowest BCUT2D eigenvalue weighted by Gasteiger charge is -2.35. The summed E-state index contributed by atoms with van der Waals surface area (Å²) in [6.07, 6.45) is 6.99. The third kappa shape index (κ3) is 2.84. The Kier molecular flexibility index (Phi) is 4.66. The molecule has 0 radical (unpaired) electrons. The van der Waals surface area contributed by atoms with Crippen molar-refractivity contribution in [2.24, 2.45) is 0 Å². The number of nitrogens with zero attached hydrogens (tertiary/aromatic N) is 1. The molecule has 1 fully saturated rings. The maximum Gasteiger partial charge on any atom is 0.246 e. The fourth-order valence-electron chi connectivity index (χ4n) is 1.98. The topological polar surface area (TPSA) is 32.3 Å². The van der Waals surface area contributed by atoms with Crippen molar-refractivity contribution < 1.29 is 4.79 Å². The highest BCUT2D eigenvalue weighted by Gasteiger charge is 2.24. The zero-order valence-electron chi connectivity index (χ0n) is 9.12. The van der Waals surface area contributed by atoms with Gasteiger partial charge in [0.2, 0.25) is 5.91 Å². The van der Waals surface area contributed by atoms with Crippen LogP contribution in [-0.2, 0) is 4.79 Å². The van der Waals surface area contributed by atoms with Crippen LogP contribution in [0.25, 0.3) is 0 Å². The predicted molar refractivity (Wildman–Crippen MR) is 58.1 cm³/mol. The van der Waals surface area contributed by atoms with Crippen molar-refractivity contribution in [1.29, 1.82) is 0 Å². The molecular formula is C11H20N2O. The molecule has 0 bridgehead atoms. The van der Waals surface area contributed by atoms with Crippen molar-refractivity contribution in [3.63, 3.8) is 0 Å². The van der Waals surface area contributed by atoms with E-state index in [0.29, 0.717) is 6.04 Å². The number of rotatable bonds is 3. The Morgan fingerprint density at radius 1 is 1.57 bits per heavy atom. The molecule has 0 saturated carbocycles. The van der Waals surface area contributed by atoms with E-state index in [0.717, 1.165) is 25.9 Å². The number of likely N-dealkylation sites (tertiary alicyclic amines) is 1. The van der Waals surface area contributed by atoms with E-state index in [1.54, 1.807) is 6.08 Å². The second-order valence-electron chi connectivity index (χ2n) is 3.74. The highest BCUT2D eigenvalue weighted by atomic mass is 16.2. The Bertz CT molecular complexity index is 211. The molecule has 1 heterocycles. The maximum atomic E-state index is 11.7. The standard InChI is InChI=1S/C11H20N2O/c1-3-6-11(14)13-8-5-4-7-10(13)9-12-2/h3,6,10,12H,4-5,7-9H2,1-2H3. The van der Waals surface area contributed by atoms with Crippen molar-refractivity contribution >= 4 is 5.91 Å². The monoisotopic (exact) mass is 196 g/mol. The molecule has 3 nitrogen and oxygen atoms in total. The first kappa shape index (κ1) is 11.2. The molecule has 1 unspecified atom stereocenters. The maximum absolute atomic E-state index is 11.7. The number of likely N-dealkylation sites (N-methyl/N-ethyl adjacent to an activating group) is 1. The van der Waals surface area contributed by atoms with Gasteiger partial charge in [0.1, 0.15) is 0 Å². The van der Waals surface area contributed by atoms with E-state index in [2.05, 4.69) is 5.32 Å². The van der Waals surface area contributed by atoms with Gasteiger partial charge >= 0.3 is 0 Å². The molecule has 80 valence electrons. The highest BCUT2D eigenvalue weighted by molar-refractivity contribution is 5.87. The fourth-order valence-corrected chi connectivity index (χ4v) is 1.98. The van der Waals surface area contributed by atoms with Crippen LogP contribution >= 0.6 is 0 Å². The van der Waals surface area contributed by atoms with Crippen molar-refractivity contribution in [2.75, 3.05) is 20.1 Å². The molecule has 1 amide bonds. The SMILES string of the molecule is CC=CC(=O)N1CCCCC1CNC.